The molecule has 0 saturated carbocycles. The van der Waals surface area contributed by atoms with Crippen LogP contribution in [0.25, 0.3) is 32.0 Å². The van der Waals surface area contributed by atoms with Crippen LogP contribution in [0.1, 0.15) is 50.9 Å². The second-order valence-corrected chi connectivity index (χ2v) is 23.7. The molecule has 15 heteroatoms. The quantitative estimate of drug-likeness (QED) is 0.0577. The predicted molar refractivity (Wildman–Crippen MR) is 278 cm³/mol. The van der Waals surface area contributed by atoms with Crippen molar-refractivity contribution >= 4 is 62.1 Å². The molecule has 8 aromatic rings. The van der Waals surface area contributed by atoms with Crippen molar-refractivity contribution in [2.24, 2.45) is 0 Å². The summed E-state index contributed by atoms with van der Waals surface area (Å²) in [6, 6.07) is 42.0. The number of fused-ring (bicyclic) bond motifs is 1. The molecule has 0 spiro atoms. The molecule has 11 nitrogen and oxygen atoms in total. The summed E-state index contributed by atoms with van der Waals surface area (Å²) in [4.78, 5) is 33.6. The number of aromatic nitrogens is 4. The molecule has 1 N–H and O–H groups in total. The highest BCUT2D eigenvalue weighted by Gasteiger charge is 2.50. The van der Waals surface area contributed by atoms with E-state index >= 15 is 0 Å². The maximum Gasteiger partial charge on any atom is 0.347 e. The first kappa shape index (κ1) is 50.0. The number of hydrogen-bond acceptors (Lipinski definition) is 12. The maximum atomic E-state index is 13.9. The van der Waals surface area contributed by atoms with Crippen LogP contribution in [0, 0.1) is 5.82 Å². The number of rotatable bonds is 20. The Kier molecular flexibility index (Phi) is 16.1. The summed E-state index contributed by atoms with van der Waals surface area (Å²) >= 11 is 5.12. The molecule has 0 fully saturated rings. The standard InChI is InChI=1S/C55H54BrFN4O7SSi/c1-6-65-54(63)47(68-52-48-49(56)50(69-53(48)60-35-59-52)37-23-25-39(57)26-24-37)32-38-31-36(22-28-45(38)66-33-40-29-30-58-51(61-40)44-19-13-14-20-46(44)64-5)21-27-41(62)34-67-70(55(2,3)4,42-15-9-7-10-16-42)43-17-11-8-12-18-43/h7-20,22-26,28-31,35,41,47,62H,6,21,27,32-34H2,1-5H3/t41-,47+/m0/s1. The van der Waals surface area contributed by atoms with Gasteiger partial charge < -0.3 is 28.5 Å². The number of carbonyl (C=O) groups is 1. The molecule has 3 heterocycles. The van der Waals surface area contributed by atoms with E-state index in [1.54, 1.807) is 38.4 Å². The van der Waals surface area contributed by atoms with Crippen LogP contribution in [0.5, 0.6) is 17.4 Å². The average Bonchev–Trinajstić information content (AvgIpc) is 3.72. The third kappa shape index (κ3) is 11.3. The van der Waals surface area contributed by atoms with Gasteiger partial charge in [0.05, 0.1) is 52.4 Å². The Labute approximate surface area is 421 Å². The minimum atomic E-state index is -2.88. The Morgan fingerprint density at radius 2 is 1.56 bits per heavy atom. The number of methoxy groups -OCH3 is 1. The maximum absolute atomic E-state index is 13.9. The predicted octanol–water partition coefficient (Wildman–Crippen LogP) is 10.7. The summed E-state index contributed by atoms with van der Waals surface area (Å²) in [6.45, 7) is 8.73. The molecule has 3 aromatic heterocycles. The molecular formula is C55H54BrFN4O7SSi. The first-order valence-electron chi connectivity index (χ1n) is 23.0. The van der Waals surface area contributed by atoms with Gasteiger partial charge in [0, 0.05) is 12.6 Å². The van der Waals surface area contributed by atoms with Gasteiger partial charge in [-0.15, -0.1) is 11.3 Å². The third-order valence-electron chi connectivity index (χ3n) is 11.9. The van der Waals surface area contributed by atoms with E-state index in [1.807, 2.05) is 78.9 Å². The van der Waals surface area contributed by atoms with E-state index in [0.29, 0.717) is 56.1 Å². The van der Waals surface area contributed by atoms with Gasteiger partial charge in [0.25, 0.3) is 8.32 Å². The first-order chi connectivity index (χ1) is 33.9. The number of aliphatic hydroxyl groups is 1. The second-order valence-electron chi connectivity index (χ2n) is 17.6. The van der Waals surface area contributed by atoms with Crippen molar-refractivity contribution in [3.8, 4) is 39.2 Å². The van der Waals surface area contributed by atoms with E-state index in [0.717, 1.165) is 31.9 Å². The molecule has 0 unspecified atom stereocenters. The lowest BCUT2D eigenvalue weighted by Crippen LogP contribution is -2.67. The number of carbonyl (C=O) groups excluding carboxylic acids is 1. The average molecular weight is 1040 g/mol. The normalized spacial score (nSPS) is 12.6. The smallest absolute Gasteiger partial charge is 0.347 e. The van der Waals surface area contributed by atoms with Gasteiger partial charge in [0.15, 0.2) is 5.82 Å². The van der Waals surface area contributed by atoms with Gasteiger partial charge in [0.2, 0.25) is 12.0 Å². The summed E-state index contributed by atoms with van der Waals surface area (Å²) in [5, 5.41) is 14.3. The Morgan fingerprint density at radius 3 is 2.24 bits per heavy atom. The molecule has 8 rings (SSSR count). The van der Waals surface area contributed by atoms with Crippen molar-refractivity contribution in [2.45, 2.75) is 70.8 Å². The van der Waals surface area contributed by atoms with Gasteiger partial charge in [-0.1, -0.05) is 118 Å². The summed E-state index contributed by atoms with van der Waals surface area (Å²) in [5.41, 5.74) is 3.71. The number of halogens is 2. The molecule has 360 valence electrons. The van der Waals surface area contributed by atoms with Crippen LogP contribution < -0.4 is 24.6 Å². The lowest BCUT2D eigenvalue weighted by Gasteiger charge is -2.43. The van der Waals surface area contributed by atoms with Gasteiger partial charge in [-0.3, -0.25) is 0 Å². The first-order valence-corrected chi connectivity index (χ1v) is 26.6. The number of para-hydroxylation sites is 1. The molecule has 0 radical (unpaired) electrons. The zero-order chi connectivity index (χ0) is 49.3. The number of hydrogen-bond donors (Lipinski definition) is 1. The van der Waals surface area contributed by atoms with Crippen molar-refractivity contribution in [3.63, 3.8) is 0 Å². The van der Waals surface area contributed by atoms with Crippen LogP contribution in [0.4, 0.5) is 4.39 Å². The van der Waals surface area contributed by atoms with Crippen molar-refractivity contribution in [3.05, 3.63) is 173 Å². The Balaban J connectivity index is 1.08. The van der Waals surface area contributed by atoms with Crippen LogP contribution in [-0.4, -0.2) is 71.9 Å². The number of aryl methyl sites for hydroxylation is 1. The monoisotopic (exact) mass is 1040 g/mol. The highest BCUT2D eigenvalue weighted by atomic mass is 79.9. The molecular weight excluding hydrogens is 988 g/mol. The minimum absolute atomic E-state index is 0.0375. The lowest BCUT2D eigenvalue weighted by atomic mass is 10.00. The number of thiophene rings is 1. The molecule has 0 aliphatic carbocycles. The van der Waals surface area contributed by atoms with Gasteiger partial charge >= 0.3 is 5.97 Å². The van der Waals surface area contributed by atoms with Gasteiger partial charge in [0.1, 0.15) is 35.1 Å². The fourth-order valence-corrected chi connectivity index (χ4v) is 15.2. The number of nitrogens with zero attached hydrogens (tertiary/aromatic N) is 4. The van der Waals surface area contributed by atoms with Crippen molar-refractivity contribution < 1.29 is 37.7 Å². The van der Waals surface area contributed by atoms with E-state index in [4.69, 9.17) is 28.4 Å². The topological polar surface area (TPSA) is 135 Å². The van der Waals surface area contributed by atoms with E-state index in [2.05, 4.69) is 75.9 Å². The summed E-state index contributed by atoms with van der Waals surface area (Å²) < 4.78 is 45.9. The number of aliphatic hydroxyl groups excluding tert-OH is 1. The van der Waals surface area contributed by atoms with Crippen LogP contribution in [0.2, 0.25) is 5.04 Å². The molecule has 2 atom stereocenters. The van der Waals surface area contributed by atoms with Crippen molar-refractivity contribution in [1.82, 2.24) is 19.9 Å². The zero-order valence-corrected chi connectivity index (χ0v) is 43.0. The fraction of sp³-hybridized carbons (Fsp3) is 0.255. The van der Waals surface area contributed by atoms with Crippen molar-refractivity contribution in [1.29, 1.82) is 0 Å². The van der Waals surface area contributed by atoms with Gasteiger partial charge in [-0.2, -0.15) is 0 Å². The van der Waals surface area contributed by atoms with Gasteiger partial charge in [-0.05, 0) is 104 Å². The SMILES string of the molecule is CCOC(=O)[C@@H](Cc1cc(CC[C@H](O)CO[Si](c2ccccc2)(c2ccccc2)C(C)(C)C)ccc1OCc1ccnc(-c2ccccc2OC)n1)Oc1ncnc2sc(-c3ccc(F)cc3)c(Br)c12. The lowest BCUT2D eigenvalue weighted by molar-refractivity contribution is -0.151. The highest BCUT2D eigenvalue weighted by Crippen LogP contribution is 2.45. The Morgan fingerprint density at radius 1 is 0.857 bits per heavy atom. The molecule has 0 amide bonds. The molecule has 0 aliphatic heterocycles. The van der Waals surface area contributed by atoms with Gasteiger partial charge in [-0.25, -0.2) is 29.1 Å². The fourth-order valence-electron chi connectivity index (χ4n) is 8.57. The molecule has 70 heavy (non-hydrogen) atoms. The van der Waals surface area contributed by atoms with E-state index < -0.39 is 26.5 Å². The van der Waals surface area contributed by atoms with Crippen LogP contribution in [0.15, 0.2) is 150 Å². The van der Waals surface area contributed by atoms with E-state index in [9.17, 15) is 14.3 Å². The van der Waals surface area contributed by atoms with E-state index in [-0.39, 0.29) is 43.0 Å². The molecule has 5 aromatic carbocycles. The summed E-state index contributed by atoms with van der Waals surface area (Å²) in [6.07, 6.45) is 2.06. The number of benzene rings is 5. The van der Waals surface area contributed by atoms with Crippen LogP contribution in [-0.2, 0) is 33.4 Å². The largest absolute Gasteiger partial charge is 0.496 e. The minimum Gasteiger partial charge on any atom is -0.496 e. The number of ether oxygens (including phenoxy) is 4. The van der Waals surface area contributed by atoms with E-state index in [1.165, 1.54) is 29.8 Å². The summed E-state index contributed by atoms with van der Waals surface area (Å²) in [5.74, 6) is 0.861. The number of esters is 1. The Bertz CT molecular complexity index is 2990. The summed E-state index contributed by atoms with van der Waals surface area (Å²) in [7, 11) is -1.28. The molecule has 0 bridgehead atoms. The third-order valence-corrected chi connectivity index (χ3v) is 19.2. The highest BCUT2D eigenvalue weighted by molar-refractivity contribution is 9.10. The van der Waals surface area contributed by atoms with Crippen LogP contribution in [0.3, 0.4) is 0 Å². The zero-order valence-electron chi connectivity index (χ0n) is 39.6. The van der Waals surface area contributed by atoms with Crippen LogP contribution >= 0.6 is 27.3 Å². The Hall–Kier alpha value is -6.36. The molecule has 0 saturated heterocycles. The van der Waals surface area contributed by atoms with Crippen molar-refractivity contribution in [2.75, 3.05) is 20.3 Å². The molecule has 0 aliphatic rings. The second kappa shape index (κ2) is 22.6.